The van der Waals surface area contributed by atoms with Gasteiger partial charge in [0.25, 0.3) is 5.56 Å². The van der Waals surface area contributed by atoms with Crippen LogP contribution in [0.3, 0.4) is 0 Å². The van der Waals surface area contributed by atoms with Crippen LogP contribution in [0.25, 0.3) is 4.96 Å². The molecule has 0 radical (unpaired) electrons. The smallest absolute Gasteiger partial charge is 0.275 e. The van der Waals surface area contributed by atoms with E-state index in [-0.39, 0.29) is 5.56 Å². The molecular weight excluding hydrogens is 248 g/mol. The van der Waals surface area contributed by atoms with Crippen molar-refractivity contribution in [3.8, 4) is 0 Å². The Morgan fingerprint density at radius 2 is 2.22 bits per heavy atom. The summed E-state index contributed by atoms with van der Waals surface area (Å²) in [5, 5.41) is 5.16. The molecule has 2 heterocycles. The minimum absolute atomic E-state index is 0.0997. The van der Waals surface area contributed by atoms with Crippen molar-refractivity contribution < 1.29 is 0 Å². The maximum Gasteiger partial charge on any atom is 0.275 e. The molecule has 2 aromatic heterocycles. The molecule has 0 saturated heterocycles. The minimum Gasteiger partial charge on any atom is -0.349 e. The Balaban J connectivity index is 2.44. The van der Waals surface area contributed by atoms with Gasteiger partial charge in [-0.05, 0) is 12.3 Å². The number of hydrogen-bond donors (Lipinski definition) is 0. The fraction of sp³-hybridized carbons (Fsp3) is 0.583. The Morgan fingerprint density at radius 1 is 1.50 bits per heavy atom. The predicted octanol–water partition coefficient (Wildman–Crippen LogP) is 1.81. The van der Waals surface area contributed by atoms with E-state index in [9.17, 15) is 4.79 Å². The molecule has 0 saturated carbocycles. The topological polar surface area (TPSA) is 50.5 Å². The number of fused-ring (bicyclic) bond motifs is 1. The van der Waals surface area contributed by atoms with E-state index >= 15 is 0 Å². The molecule has 0 aromatic carbocycles. The molecule has 0 aliphatic heterocycles. The van der Waals surface area contributed by atoms with Crippen LogP contribution in [0, 0.1) is 5.92 Å². The van der Waals surface area contributed by atoms with Crippen LogP contribution >= 0.6 is 11.3 Å². The fourth-order valence-corrected chi connectivity index (χ4v) is 2.70. The third-order valence-corrected chi connectivity index (χ3v) is 3.64. The zero-order chi connectivity index (χ0) is 13.3. The summed E-state index contributed by atoms with van der Waals surface area (Å²) in [7, 11) is 1.99. The van der Waals surface area contributed by atoms with Crippen LogP contribution in [0.2, 0.25) is 0 Å². The quantitative estimate of drug-likeness (QED) is 0.847. The number of rotatable bonds is 4. The number of aryl methyl sites for hydroxylation is 1. The van der Waals surface area contributed by atoms with Crippen molar-refractivity contribution in [1.82, 2.24) is 14.6 Å². The summed E-state index contributed by atoms with van der Waals surface area (Å²) in [4.78, 5) is 19.0. The molecule has 2 rings (SSSR count). The van der Waals surface area contributed by atoms with Crippen LogP contribution in [-0.4, -0.2) is 28.2 Å². The first-order chi connectivity index (χ1) is 8.51. The Kier molecular flexibility index (Phi) is 3.65. The van der Waals surface area contributed by atoms with Gasteiger partial charge in [0.2, 0.25) is 10.1 Å². The second-order valence-corrected chi connectivity index (χ2v) is 5.73. The Morgan fingerprint density at radius 3 is 2.83 bits per heavy atom. The summed E-state index contributed by atoms with van der Waals surface area (Å²) < 4.78 is 1.38. The molecule has 0 spiro atoms. The van der Waals surface area contributed by atoms with Gasteiger partial charge in [0.1, 0.15) is 0 Å². The van der Waals surface area contributed by atoms with Crippen molar-refractivity contribution in [3.63, 3.8) is 0 Å². The molecular formula is C12H18N4OS. The summed E-state index contributed by atoms with van der Waals surface area (Å²) in [6.45, 7) is 7.22. The molecule has 0 aliphatic carbocycles. The van der Waals surface area contributed by atoms with Gasteiger partial charge < -0.3 is 4.90 Å². The highest BCUT2D eigenvalue weighted by Crippen LogP contribution is 2.20. The molecule has 0 aliphatic rings. The second-order valence-electron chi connectivity index (χ2n) is 4.79. The summed E-state index contributed by atoms with van der Waals surface area (Å²) >= 11 is 1.46. The molecule has 0 fully saturated rings. The van der Waals surface area contributed by atoms with Crippen molar-refractivity contribution >= 4 is 21.4 Å². The largest absolute Gasteiger partial charge is 0.349 e. The first-order valence-corrected chi connectivity index (χ1v) is 6.93. The molecule has 2 aromatic rings. The van der Waals surface area contributed by atoms with E-state index < -0.39 is 0 Å². The van der Waals surface area contributed by atoms with E-state index in [0.29, 0.717) is 10.9 Å². The monoisotopic (exact) mass is 266 g/mol. The van der Waals surface area contributed by atoms with Crippen molar-refractivity contribution in [1.29, 1.82) is 0 Å². The van der Waals surface area contributed by atoms with Gasteiger partial charge in [-0.1, -0.05) is 32.1 Å². The molecule has 5 nitrogen and oxygen atoms in total. The van der Waals surface area contributed by atoms with E-state index in [2.05, 4.69) is 28.8 Å². The van der Waals surface area contributed by atoms with Gasteiger partial charge in [0.15, 0.2) is 0 Å². The molecule has 98 valence electrons. The normalized spacial score (nSPS) is 11.4. The van der Waals surface area contributed by atoms with Gasteiger partial charge in [-0.25, -0.2) is 4.98 Å². The van der Waals surface area contributed by atoms with Gasteiger partial charge in [-0.3, -0.25) is 4.79 Å². The van der Waals surface area contributed by atoms with Gasteiger partial charge >= 0.3 is 0 Å². The lowest BCUT2D eigenvalue weighted by atomic mass is 10.2. The van der Waals surface area contributed by atoms with Crippen molar-refractivity contribution in [2.45, 2.75) is 27.2 Å². The van der Waals surface area contributed by atoms with Crippen molar-refractivity contribution in [2.75, 3.05) is 18.5 Å². The fourth-order valence-electron chi connectivity index (χ4n) is 1.81. The van der Waals surface area contributed by atoms with Gasteiger partial charge in [0, 0.05) is 25.4 Å². The summed E-state index contributed by atoms with van der Waals surface area (Å²) in [6, 6.07) is 1.55. The molecule has 0 bridgehead atoms. The van der Waals surface area contributed by atoms with Crippen LogP contribution < -0.4 is 10.5 Å². The lowest BCUT2D eigenvalue weighted by molar-refractivity contribution is 0.634. The molecule has 0 atom stereocenters. The average Bonchev–Trinajstić information content (AvgIpc) is 2.72. The lowest BCUT2D eigenvalue weighted by Gasteiger charge is -2.16. The zero-order valence-electron chi connectivity index (χ0n) is 11.2. The number of anilines is 1. The van der Waals surface area contributed by atoms with Crippen LogP contribution in [-0.2, 0) is 6.42 Å². The third kappa shape index (κ3) is 2.53. The van der Waals surface area contributed by atoms with E-state index in [1.807, 2.05) is 14.0 Å². The van der Waals surface area contributed by atoms with Gasteiger partial charge in [0.05, 0.1) is 0 Å². The van der Waals surface area contributed by atoms with Crippen LogP contribution in [0.5, 0.6) is 0 Å². The predicted molar refractivity (Wildman–Crippen MR) is 74.6 cm³/mol. The highest BCUT2D eigenvalue weighted by molar-refractivity contribution is 7.20. The number of aromatic nitrogens is 3. The molecule has 0 amide bonds. The third-order valence-electron chi connectivity index (χ3n) is 2.62. The van der Waals surface area contributed by atoms with Crippen LogP contribution in [0.4, 0.5) is 5.13 Å². The van der Waals surface area contributed by atoms with Crippen molar-refractivity contribution in [3.05, 3.63) is 22.1 Å². The lowest BCUT2D eigenvalue weighted by Crippen LogP contribution is -2.23. The van der Waals surface area contributed by atoms with Gasteiger partial charge in [-0.15, -0.1) is 5.10 Å². The molecule has 0 unspecified atom stereocenters. The molecule has 0 N–H and O–H groups in total. The standard InChI is InChI=1S/C12H18N4OS/c1-5-9-6-10(17)16-11(13-9)18-12(14-16)15(4)7-8(2)3/h6,8H,5,7H2,1-4H3. The highest BCUT2D eigenvalue weighted by atomic mass is 32.1. The highest BCUT2D eigenvalue weighted by Gasteiger charge is 2.12. The molecule has 18 heavy (non-hydrogen) atoms. The maximum absolute atomic E-state index is 11.9. The maximum atomic E-state index is 11.9. The first kappa shape index (κ1) is 13.0. The molecule has 6 heteroatoms. The minimum atomic E-state index is -0.0997. The van der Waals surface area contributed by atoms with Crippen LogP contribution in [0.15, 0.2) is 10.9 Å². The van der Waals surface area contributed by atoms with E-state index in [1.54, 1.807) is 6.07 Å². The first-order valence-electron chi connectivity index (χ1n) is 6.12. The number of hydrogen-bond acceptors (Lipinski definition) is 5. The Bertz CT molecular complexity index is 602. The SMILES string of the molecule is CCc1cc(=O)n2nc(N(C)CC(C)C)sc2n1. The van der Waals surface area contributed by atoms with E-state index in [4.69, 9.17) is 0 Å². The van der Waals surface area contributed by atoms with Gasteiger partial charge in [-0.2, -0.15) is 4.52 Å². The Labute approximate surface area is 110 Å². The van der Waals surface area contributed by atoms with E-state index in [0.717, 1.165) is 23.8 Å². The number of nitrogens with zero attached hydrogens (tertiary/aromatic N) is 4. The summed E-state index contributed by atoms with van der Waals surface area (Å²) in [5.41, 5.74) is 0.721. The second kappa shape index (κ2) is 5.06. The summed E-state index contributed by atoms with van der Waals surface area (Å²) in [6.07, 6.45) is 0.765. The van der Waals surface area contributed by atoms with Crippen molar-refractivity contribution in [2.24, 2.45) is 5.92 Å². The Hall–Kier alpha value is -1.43. The zero-order valence-corrected chi connectivity index (χ0v) is 12.0. The van der Waals surface area contributed by atoms with Crippen LogP contribution in [0.1, 0.15) is 26.5 Å². The summed E-state index contributed by atoms with van der Waals surface area (Å²) in [5.74, 6) is 0.554. The van der Waals surface area contributed by atoms with E-state index in [1.165, 1.54) is 15.9 Å². The average molecular weight is 266 g/mol.